The van der Waals surface area contributed by atoms with Gasteiger partial charge in [-0.25, -0.2) is 0 Å². The first-order chi connectivity index (χ1) is 3.79. The van der Waals surface area contributed by atoms with E-state index in [-0.39, 0.29) is 42.0 Å². The van der Waals surface area contributed by atoms with Gasteiger partial charge in [-0.2, -0.15) is 0 Å². The predicted molar refractivity (Wildman–Crippen MR) is 32.8 cm³/mol. The molecule has 1 nitrogen and oxygen atoms in total. The third-order valence-corrected chi connectivity index (χ3v) is 1.00. The van der Waals surface area contributed by atoms with Crippen molar-refractivity contribution >= 4 is 0 Å². The summed E-state index contributed by atoms with van der Waals surface area (Å²) in [6, 6.07) is 7.15. The smallest absolute Gasteiger partial charge is 1.00 e. The van der Waals surface area contributed by atoms with E-state index < -0.39 is 0 Å². The fraction of sp³-hybridized carbons (Fsp3) is 0.143. The third kappa shape index (κ3) is 4.18. The minimum atomic E-state index is 0. The van der Waals surface area contributed by atoms with E-state index in [0.717, 1.165) is 5.56 Å². The molecule has 0 atom stereocenters. The number of hydrogen-bond donors (Lipinski definition) is 1. The standard InChI is InChI=1S/C7H8O.ClH.Na/c1-6-3-2-4-7(8)5-6;;/h2-5,8H,1H3;1H;/q;;+1/p-1. The minimum Gasteiger partial charge on any atom is -1.00 e. The normalized spacial score (nSPS) is 7.30. The Balaban J connectivity index is 0. The summed E-state index contributed by atoms with van der Waals surface area (Å²) in [6.07, 6.45) is 0. The molecular formula is C7H8ClNaO. The zero-order chi connectivity index (χ0) is 5.98. The molecule has 1 rings (SSSR count). The van der Waals surface area contributed by atoms with Gasteiger partial charge in [0.25, 0.3) is 0 Å². The molecule has 0 spiro atoms. The van der Waals surface area contributed by atoms with E-state index in [4.69, 9.17) is 5.11 Å². The SMILES string of the molecule is Cc1cccc(O)c1.[Cl-].[Na+]. The largest absolute Gasteiger partial charge is 1.00 e. The number of aromatic hydroxyl groups is 1. The Bertz CT molecular complexity index is 173. The number of benzene rings is 1. The second-order valence-electron chi connectivity index (χ2n) is 1.84. The van der Waals surface area contributed by atoms with E-state index >= 15 is 0 Å². The summed E-state index contributed by atoms with van der Waals surface area (Å²) in [5.41, 5.74) is 1.09. The third-order valence-electron chi connectivity index (χ3n) is 1.00. The second-order valence-corrected chi connectivity index (χ2v) is 1.84. The van der Waals surface area contributed by atoms with Crippen molar-refractivity contribution in [3.8, 4) is 5.75 Å². The van der Waals surface area contributed by atoms with E-state index in [1.165, 1.54) is 0 Å². The molecule has 10 heavy (non-hydrogen) atoms. The first-order valence-electron chi connectivity index (χ1n) is 2.54. The molecule has 0 heterocycles. The first-order valence-corrected chi connectivity index (χ1v) is 2.54. The maximum absolute atomic E-state index is 8.81. The van der Waals surface area contributed by atoms with Gasteiger partial charge in [0.05, 0.1) is 0 Å². The molecular weight excluding hydrogens is 159 g/mol. The molecule has 0 saturated carbocycles. The van der Waals surface area contributed by atoms with Crippen molar-refractivity contribution in [2.45, 2.75) is 6.92 Å². The molecule has 0 saturated heterocycles. The van der Waals surface area contributed by atoms with E-state index in [0.29, 0.717) is 5.75 Å². The van der Waals surface area contributed by atoms with Gasteiger partial charge in [0, 0.05) is 0 Å². The number of aryl methyl sites for hydroxylation is 1. The van der Waals surface area contributed by atoms with Crippen molar-refractivity contribution in [2.24, 2.45) is 0 Å². The summed E-state index contributed by atoms with van der Waals surface area (Å²) in [5.74, 6) is 0.338. The monoisotopic (exact) mass is 166 g/mol. The Morgan fingerprint density at radius 1 is 1.30 bits per heavy atom. The summed E-state index contributed by atoms with van der Waals surface area (Å²) >= 11 is 0. The molecule has 50 valence electrons. The average molecular weight is 167 g/mol. The number of rotatable bonds is 0. The van der Waals surface area contributed by atoms with Gasteiger partial charge in [-0.3, -0.25) is 0 Å². The van der Waals surface area contributed by atoms with E-state index in [1.54, 1.807) is 12.1 Å². The zero-order valence-corrected chi connectivity index (χ0v) is 8.89. The number of phenols is 1. The first kappa shape index (κ1) is 12.9. The van der Waals surface area contributed by atoms with Crippen molar-refractivity contribution < 1.29 is 47.1 Å². The molecule has 0 unspecified atom stereocenters. The van der Waals surface area contributed by atoms with E-state index in [1.807, 2.05) is 19.1 Å². The summed E-state index contributed by atoms with van der Waals surface area (Å²) in [7, 11) is 0. The number of halogens is 1. The maximum atomic E-state index is 8.81. The van der Waals surface area contributed by atoms with Gasteiger partial charge >= 0.3 is 29.6 Å². The quantitative estimate of drug-likeness (QED) is 0.387. The van der Waals surface area contributed by atoms with E-state index in [9.17, 15) is 0 Å². The Morgan fingerprint density at radius 3 is 2.20 bits per heavy atom. The van der Waals surface area contributed by atoms with Gasteiger partial charge in [0.2, 0.25) is 0 Å². The fourth-order valence-corrected chi connectivity index (χ4v) is 0.628. The van der Waals surface area contributed by atoms with Crippen LogP contribution in [-0.4, -0.2) is 5.11 Å². The molecule has 0 amide bonds. The summed E-state index contributed by atoms with van der Waals surface area (Å²) in [6.45, 7) is 1.94. The molecule has 0 bridgehead atoms. The number of phenolic OH excluding ortho intramolecular Hbond substituents is 1. The van der Waals surface area contributed by atoms with Crippen molar-refractivity contribution in [3.63, 3.8) is 0 Å². The molecule has 0 aromatic heterocycles. The van der Waals surface area contributed by atoms with Gasteiger partial charge < -0.3 is 17.5 Å². The van der Waals surface area contributed by atoms with E-state index in [2.05, 4.69) is 0 Å². The molecule has 0 aliphatic carbocycles. The fourth-order valence-electron chi connectivity index (χ4n) is 0.628. The zero-order valence-electron chi connectivity index (χ0n) is 6.13. The van der Waals surface area contributed by atoms with Crippen molar-refractivity contribution in [2.75, 3.05) is 0 Å². The maximum Gasteiger partial charge on any atom is 1.00 e. The van der Waals surface area contributed by atoms with Crippen LogP contribution in [0.3, 0.4) is 0 Å². The molecule has 1 N–H and O–H groups in total. The van der Waals surface area contributed by atoms with Crippen LogP contribution >= 0.6 is 0 Å². The average Bonchev–Trinajstić information content (AvgIpc) is 1.64. The van der Waals surface area contributed by atoms with Crippen LogP contribution in [0.4, 0.5) is 0 Å². The van der Waals surface area contributed by atoms with Crippen LogP contribution in [0.15, 0.2) is 24.3 Å². The van der Waals surface area contributed by atoms with Crippen LogP contribution < -0.4 is 42.0 Å². The van der Waals surface area contributed by atoms with Gasteiger partial charge in [-0.1, -0.05) is 12.1 Å². The van der Waals surface area contributed by atoms with Crippen molar-refractivity contribution in [1.82, 2.24) is 0 Å². The van der Waals surface area contributed by atoms with Crippen LogP contribution in [0.2, 0.25) is 0 Å². The van der Waals surface area contributed by atoms with Crippen LogP contribution in [-0.2, 0) is 0 Å². The Morgan fingerprint density at radius 2 is 1.90 bits per heavy atom. The molecule has 1 aromatic carbocycles. The molecule has 3 heteroatoms. The number of hydrogen-bond acceptors (Lipinski definition) is 1. The topological polar surface area (TPSA) is 20.2 Å². The van der Waals surface area contributed by atoms with Crippen molar-refractivity contribution in [1.29, 1.82) is 0 Å². The van der Waals surface area contributed by atoms with Crippen LogP contribution in [0, 0.1) is 6.92 Å². The molecule has 1 aromatic rings. The van der Waals surface area contributed by atoms with Crippen LogP contribution in [0.1, 0.15) is 5.56 Å². The molecule has 0 aliphatic rings. The van der Waals surface area contributed by atoms with Crippen LogP contribution in [0.5, 0.6) is 5.75 Å². The Hall–Kier alpha value is 0.310. The summed E-state index contributed by atoms with van der Waals surface area (Å²) in [5, 5.41) is 8.81. The van der Waals surface area contributed by atoms with Gasteiger partial charge in [-0.05, 0) is 24.6 Å². The molecule has 0 radical (unpaired) electrons. The second kappa shape index (κ2) is 6.05. The predicted octanol–water partition coefficient (Wildman–Crippen LogP) is -4.29. The van der Waals surface area contributed by atoms with Gasteiger partial charge in [0.1, 0.15) is 5.75 Å². The summed E-state index contributed by atoms with van der Waals surface area (Å²) in [4.78, 5) is 0. The van der Waals surface area contributed by atoms with Crippen molar-refractivity contribution in [3.05, 3.63) is 29.8 Å². The Kier molecular flexibility index (Phi) is 7.83. The minimum absolute atomic E-state index is 0. The molecule has 0 fully saturated rings. The molecule has 0 aliphatic heterocycles. The van der Waals surface area contributed by atoms with Crippen LogP contribution in [0.25, 0.3) is 0 Å². The summed E-state index contributed by atoms with van der Waals surface area (Å²) < 4.78 is 0. The Labute approximate surface area is 89.2 Å². The van der Waals surface area contributed by atoms with Gasteiger partial charge in [-0.15, -0.1) is 0 Å². The van der Waals surface area contributed by atoms with Gasteiger partial charge in [0.15, 0.2) is 0 Å².